The summed E-state index contributed by atoms with van der Waals surface area (Å²) >= 11 is 0. The molecule has 2 aliphatic rings. The van der Waals surface area contributed by atoms with Crippen molar-refractivity contribution in [2.45, 2.75) is 26.3 Å². The van der Waals surface area contributed by atoms with E-state index in [1.54, 1.807) is 17.3 Å². The Morgan fingerprint density at radius 3 is 2.67 bits per heavy atom. The van der Waals surface area contributed by atoms with Gasteiger partial charge in [-0.2, -0.15) is 9.78 Å². The molecule has 7 nitrogen and oxygen atoms in total. The first-order valence-electron chi connectivity index (χ1n) is 9.24. The minimum absolute atomic E-state index is 0.149. The standard InChI is InChI=1S/C20H20N6O/c1-14-17(6-7-19(22-14)24-9-2-3-10-24)18-11-16-13-25(20(27)26(16)23-18)15-5-4-8-21-12-15/h4-8,11-12H,2-3,9-10,13H2,1H3. The summed E-state index contributed by atoms with van der Waals surface area (Å²) in [5, 5.41) is 4.56. The zero-order valence-electron chi connectivity index (χ0n) is 15.2. The van der Waals surface area contributed by atoms with Crippen molar-refractivity contribution in [2.75, 3.05) is 22.9 Å². The number of hydrogen-bond acceptors (Lipinski definition) is 5. The van der Waals surface area contributed by atoms with Crippen molar-refractivity contribution in [3.8, 4) is 11.3 Å². The summed E-state index contributed by atoms with van der Waals surface area (Å²) in [4.78, 5) is 25.6. The molecule has 0 aromatic carbocycles. The van der Waals surface area contributed by atoms with Crippen molar-refractivity contribution in [1.82, 2.24) is 19.7 Å². The van der Waals surface area contributed by atoms with Crippen LogP contribution in [0, 0.1) is 6.92 Å². The largest absolute Gasteiger partial charge is 0.357 e. The highest BCUT2D eigenvalue weighted by molar-refractivity contribution is 5.96. The third kappa shape index (κ3) is 2.66. The molecule has 3 aromatic rings. The average molecular weight is 360 g/mol. The van der Waals surface area contributed by atoms with Crippen molar-refractivity contribution in [3.63, 3.8) is 0 Å². The molecule has 0 bridgehead atoms. The zero-order valence-corrected chi connectivity index (χ0v) is 15.2. The molecule has 3 aromatic heterocycles. The Morgan fingerprint density at radius 2 is 1.96 bits per heavy atom. The van der Waals surface area contributed by atoms with E-state index in [1.807, 2.05) is 25.1 Å². The maximum Gasteiger partial charge on any atom is 0.349 e. The van der Waals surface area contributed by atoms with Crippen molar-refractivity contribution in [2.24, 2.45) is 0 Å². The predicted molar refractivity (Wildman–Crippen MR) is 103 cm³/mol. The van der Waals surface area contributed by atoms with E-state index in [2.05, 4.69) is 27.1 Å². The summed E-state index contributed by atoms with van der Waals surface area (Å²) < 4.78 is 1.48. The lowest BCUT2D eigenvalue weighted by atomic mass is 10.1. The summed E-state index contributed by atoms with van der Waals surface area (Å²) in [5.74, 6) is 1.03. The van der Waals surface area contributed by atoms with Gasteiger partial charge in [-0.1, -0.05) is 0 Å². The number of carbonyl (C=O) groups excluding carboxylic acids is 1. The Labute approximate surface area is 157 Å². The maximum absolute atomic E-state index is 12.7. The molecule has 5 heterocycles. The predicted octanol–water partition coefficient (Wildman–Crippen LogP) is 3.24. The zero-order chi connectivity index (χ0) is 18.4. The summed E-state index contributed by atoms with van der Waals surface area (Å²) in [5.41, 5.74) is 4.36. The molecular weight excluding hydrogens is 340 g/mol. The second-order valence-corrected chi connectivity index (χ2v) is 7.01. The minimum Gasteiger partial charge on any atom is -0.357 e. The highest BCUT2D eigenvalue weighted by Crippen LogP contribution is 2.30. The maximum atomic E-state index is 12.7. The monoisotopic (exact) mass is 360 g/mol. The van der Waals surface area contributed by atoms with Gasteiger partial charge >= 0.3 is 6.03 Å². The van der Waals surface area contributed by atoms with Crippen LogP contribution in [0.3, 0.4) is 0 Å². The molecule has 0 unspecified atom stereocenters. The Morgan fingerprint density at radius 1 is 1.11 bits per heavy atom. The molecule has 1 fully saturated rings. The SMILES string of the molecule is Cc1nc(N2CCCC2)ccc1-c1cc2n(n1)C(=O)N(c1cccnc1)C2. The molecule has 1 saturated heterocycles. The summed E-state index contributed by atoms with van der Waals surface area (Å²) in [6, 6.07) is 9.66. The molecule has 5 rings (SSSR count). The first-order chi connectivity index (χ1) is 13.2. The Kier molecular flexibility index (Phi) is 3.67. The number of pyridine rings is 2. The van der Waals surface area contributed by atoms with Crippen LogP contribution in [0.1, 0.15) is 24.2 Å². The Balaban J connectivity index is 1.43. The van der Waals surface area contributed by atoms with E-state index in [4.69, 9.17) is 4.98 Å². The molecule has 0 N–H and O–H groups in total. The summed E-state index contributed by atoms with van der Waals surface area (Å²) in [6.45, 7) is 4.64. The van der Waals surface area contributed by atoms with Crippen molar-refractivity contribution >= 4 is 17.5 Å². The fraction of sp³-hybridized carbons (Fsp3) is 0.300. The van der Waals surface area contributed by atoms with Gasteiger partial charge in [0.2, 0.25) is 0 Å². The van der Waals surface area contributed by atoms with Gasteiger partial charge in [-0.25, -0.2) is 9.78 Å². The first-order valence-corrected chi connectivity index (χ1v) is 9.24. The van der Waals surface area contributed by atoms with E-state index < -0.39 is 0 Å². The molecule has 0 radical (unpaired) electrons. The van der Waals surface area contributed by atoms with E-state index in [-0.39, 0.29) is 6.03 Å². The van der Waals surface area contributed by atoms with Crippen LogP contribution in [-0.4, -0.2) is 38.9 Å². The van der Waals surface area contributed by atoms with Gasteiger partial charge in [0, 0.05) is 30.5 Å². The smallest absolute Gasteiger partial charge is 0.349 e. The van der Waals surface area contributed by atoms with Crippen molar-refractivity contribution in [1.29, 1.82) is 0 Å². The highest BCUT2D eigenvalue weighted by atomic mass is 16.2. The molecule has 0 aliphatic carbocycles. The van der Waals surface area contributed by atoms with Gasteiger partial charge in [0.15, 0.2) is 0 Å². The molecule has 0 atom stereocenters. The second-order valence-electron chi connectivity index (χ2n) is 7.01. The third-order valence-electron chi connectivity index (χ3n) is 5.25. The topological polar surface area (TPSA) is 67.2 Å². The van der Waals surface area contributed by atoms with Gasteiger partial charge in [0.05, 0.1) is 29.8 Å². The summed E-state index contributed by atoms with van der Waals surface area (Å²) in [7, 11) is 0. The number of anilines is 2. The van der Waals surface area contributed by atoms with Crippen LogP contribution in [0.5, 0.6) is 0 Å². The number of nitrogens with zero attached hydrogens (tertiary/aromatic N) is 6. The molecule has 0 spiro atoms. The van der Waals surface area contributed by atoms with Gasteiger partial charge in [0.25, 0.3) is 0 Å². The van der Waals surface area contributed by atoms with Crippen molar-refractivity contribution in [3.05, 3.63) is 54.1 Å². The quantitative estimate of drug-likeness (QED) is 0.717. The lowest BCUT2D eigenvalue weighted by Crippen LogP contribution is -2.26. The highest BCUT2D eigenvalue weighted by Gasteiger charge is 2.31. The minimum atomic E-state index is -0.149. The molecule has 1 amide bonds. The molecule has 136 valence electrons. The van der Waals surface area contributed by atoms with Gasteiger partial charge in [-0.15, -0.1) is 0 Å². The average Bonchev–Trinajstić information content (AvgIpc) is 3.41. The lowest BCUT2D eigenvalue weighted by molar-refractivity contribution is 0.248. The van der Waals surface area contributed by atoms with Gasteiger partial charge in [0.1, 0.15) is 5.82 Å². The van der Waals surface area contributed by atoms with E-state index in [9.17, 15) is 4.79 Å². The Hall–Kier alpha value is -3.22. The van der Waals surface area contributed by atoms with E-state index >= 15 is 0 Å². The van der Waals surface area contributed by atoms with Crippen LogP contribution in [0.25, 0.3) is 11.3 Å². The van der Waals surface area contributed by atoms with Gasteiger partial charge in [-0.05, 0) is 50.1 Å². The Bertz CT molecular complexity index is 1010. The number of rotatable bonds is 3. The van der Waals surface area contributed by atoms with E-state index in [0.717, 1.165) is 47.2 Å². The number of fused-ring (bicyclic) bond motifs is 1. The number of aromatic nitrogens is 4. The van der Waals surface area contributed by atoms with Crippen LogP contribution in [0.2, 0.25) is 0 Å². The lowest BCUT2D eigenvalue weighted by Gasteiger charge is -2.17. The van der Waals surface area contributed by atoms with Crippen LogP contribution >= 0.6 is 0 Å². The number of amides is 1. The number of hydrogen-bond donors (Lipinski definition) is 0. The fourth-order valence-corrected chi connectivity index (χ4v) is 3.83. The molecule has 7 heteroatoms. The second kappa shape index (κ2) is 6.19. The molecular formula is C20H20N6O. The normalized spacial score (nSPS) is 16.3. The van der Waals surface area contributed by atoms with Crippen LogP contribution in [0.15, 0.2) is 42.7 Å². The van der Waals surface area contributed by atoms with Crippen molar-refractivity contribution < 1.29 is 4.79 Å². The fourth-order valence-electron chi connectivity index (χ4n) is 3.83. The van der Waals surface area contributed by atoms with E-state index in [0.29, 0.717) is 6.54 Å². The van der Waals surface area contributed by atoms with Crippen LogP contribution < -0.4 is 9.80 Å². The van der Waals surface area contributed by atoms with Gasteiger partial charge in [-0.3, -0.25) is 9.88 Å². The molecule has 0 saturated carbocycles. The molecule has 27 heavy (non-hydrogen) atoms. The van der Waals surface area contributed by atoms with Crippen LogP contribution in [0.4, 0.5) is 16.3 Å². The van der Waals surface area contributed by atoms with Gasteiger partial charge < -0.3 is 4.90 Å². The number of carbonyl (C=O) groups is 1. The third-order valence-corrected chi connectivity index (χ3v) is 5.25. The van der Waals surface area contributed by atoms with E-state index in [1.165, 1.54) is 17.5 Å². The molecule has 2 aliphatic heterocycles. The summed E-state index contributed by atoms with van der Waals surface area (Å²) in [6.07, 6.45) is 5.84. The number of aryl methyl sites for hydroxylation is 1. The first kappa shape index (κ1) is 16.0. The van der Waals surface area contributed by atoms with Crippen LogP contribution in [-0.2, 0) is 6.54 Å².